The normalized spacial score (nSPS) is 13.1. The maximum Gasteiger partial charge on any atom is 0.135 e. The molecule has 2 aliphatic heterocycles. The molecule has 2 heteroatoms. The summed E-state index contributed by atoms with van der Waals surface area (Å²) in [6.07, 6.45) is 0. The lowest BCUT2D eigenvalue weighted by molar-refractivity contribution is 0.487. The van der Waals surface area contributed by atoms with Gasteiger partial charge in [-0.05, 0) is 124 Å². The summed E-state index contributed by atoms with van der Waals surface area (Å²) in [6.45, 7) is 14.2. The molecule has 0 fully saturated rings. The second-order valence-electron chi connectivity index (χ2n) is 17.6. The molecule has 0 aliphatic carbocycles. The van der Waals surface area contributed by atoms with Crippen molar-refractivity contribution in [2.45, 2.75) is 52.4 Å². The molecular weight excluding hydrogens is 681 g/mol. The largest absolute Gasteiger partial charge is 0.456 e. The molecule has 2 nitrogen and oxygen atoms in total. The fourth-order valence-electron chi connectivity index (χ4n) is 9.84. The summed E-state index contributed by atoms with van der Waals surface area (Å²) in [7, 11) is 0. The highest BCUT2D eigenvalue weighted by Crippen LogP contribution is 2.52. The van der Waals surface area contributed by atoms with Crippen molar-refractivity contribution >= 4 is 43.1 Å². The van der Waals surface area contributed by atoms with E-state index in [1.165, 1.54) is 87.6 Å². The molecule has 2 heterocycles. The zero-order chi connectivity index (χ0) is 38.1. The Balaban J connectivity index is 1.15. The predicted molar refractivity (Wildman–Crippen MR) is 236 cm³/mol. The second-order valence-corrected chi connectivity index (χ2v) is 17.6. The minimum absolute atomic E-state index is 0.116. The van der Waals surface area contributed by atoms with Crippen LogP contribution in [0.5, 0.6) is 23.0 Å². The van der Waals surface area contributed by atoms with Crippen LogP contribution >= 0.6 is 0 Å². The molecule has 0 unspecified atom stereocenters. The van der Waals surface area contributed by atoms with E-state index in [0.29, 0.717) is 0 Å². The molecule has 0 N–H and O–H groups in total. The van der Waals surface area contributed by atoms with Crippen molar-refractivity contribution in [3.05, 3.63) is 157 Å². The fourth-order valence-corrected chi connectivity index (χ4v) is 9.84. The van der Waals surface area contributed by atoms with Crippen LogP contribution in [0.1, 0.15) is 52.7 Å². The van der Waals surface area contributed by atoms with Gasteiger partial charge in [0.05, 0.1) is 0 Å². The number of fused-ring (bicyclic) bond motifs is 6. The molecule has 56 heavy (non-hydrogen) atoms. The minimum Gasteiger partial charge on any atom is -0.456 e. The number of rotatable bonds is 2. The van der Waals surface area contributed by atoms with Crippen LogP contribution in [-0.4, -0.2) is 0 Å². The van der Waals surface area contributed by atoms with Gasteiger partial charge in [0, 0.05) is 21.9 Å². The van der Waals surface area contributed by atoms with Gasteiger partial charge in [-0.1, -0.05) is 151 Å². The van der Waals surface area contributed by atoms with Crippen molar-refractivity contribution in [3.63, 3.8) is 0 Å². The second kappa shape index (κ2) is 11.6. The van der Waals surface area contributed by atoms with Crippen LogP contribution in [0.2, 0.25) is 0 Å². The highest BCUT2D eigenvalue weighted by Gasteiger charge is 2.29. The van der Waals surface area contributed by atoms with E-state index in [0.717, 1.165) is 34.1 Å². The summed E-state index contributed by atoms with van der Waals surface area (Å²) in [5, 5.41) is 10.0. The SMILES string of the molecule is CC(C)(C)c1c2ccc(-c3ccc4c5c(cccc35)Oc3ccccc3-4)cc2c(C(C)(C)C)c2ccc(-c3ccc4c5c(cccc35)Oc3ccccc3-4)cc12. The van der Waals surface area contributed by atoms with Gasteiger partial charge in [0.25, 0.3) is 0 Å². The molecule has 0 bridgehead atoms. The molecule has 11 rings (SSSR count). The lowest BCUT2D eigenvalue weighted by Crippen LogP contribution is -2.17. The van der Waals surface area contributed by atoms with E-state index in [1.807, 2.05) is 12.1 Å². The molecule has 0 atom stereocenters. The van der Waals surface area contributed by atoms with Crippen LogP contribution in [-0.2, 0) is 10.8 Å². The van der Waals surface area contributed by atoms with Crippen molar-refractivity contribution in [3.8, 4) is 67.5 Å². The summed E-state index contributed by atoms with van der Waals surface area (Å²) in [4.78, 5) is 0. The van der Waals surface area contributed by atoms with Gasteiger partial charge < -0.3 is 9.47 Å². The van der Waals surface area contributed by atoms with Crippen molar-refractivity contribution in [2.75, 3.05) is 0 Å². The van der Waals surface area contributed by atoms with Gasteiger partial charge in [-0.25, -0.2) is 0 Å². The third-order valence-electron chi connectivity index (χ3n) is 12.0. The Kier molecular flexibility index (Phi) is 6.82. The average Bonchev–Trinajstić information content (AvgIpc) is 3.19. The van der Waals surface area contributed by atoms with Gasteiger partial charge in [-0.3, -0.25) is 0 Å². The number of hydrogen-bond donors (Lipinski definition) is 0. The van der Waals surface area contributed by atoms with E-state index in [9.17, 15) is 0 Å². The Bertz CT molecular complexity index is 2940. The van der Waals surface area contributed by atoms with E-state index < -0.39 is 0 Å². The minimum atomic E-state index is -0.116. The van der Waals surface area contributed by atoms with Crippen LogP contribution in [0, 0.1) is 0 Å². The van der Waals surface area contributed by atoms with Crippen molar-refractivity contribution in [2.24, 2.45) is 0 Å². The molecule has 0 saturated heterocycles. The molecule has 9 aromatic rings. The van der Waals surface area contributed by atoms with Crippen LogP contribution in [0.25, 0.3) is 87.6 Å². The highest BCUT2D eigenvalue weighted by molar-refractivity contribution is 6.15. The molecule has 9 aromatic carbocycles. The Morgan fingerprint density at radius 1 is 0.304 bits per heavy atom. The molecular formula is C54H42O2. The van der Waals surface area contributed by atoms with Gasteiger partial charge in [0.15, 0.2) is 0 Å². The highest BCUT2D eigenvalue weighted by atomic mass is 16.5. The van der Waals surface area contributed by atoms with E-state index in [4.69, 9.17) is 9.47 Å². The average molecular weight is 723 g/mol. The fraction of sp³-hybridized carbons (Fsp3) is 0.148. The van der Waals surface area contributed by atoms with Crippen LogP contribution in [0.15, 0.2) is 146 Å². The van der Waals surface area contributed by atoms with E-state index in [1.54, 1.807) is 0 Å². The molecule has 2 aliphatic rings. The Morgan fingerprint density at radius 3 is 1.12 bits per heavy atom. The number of ether oxygens (including phenoxy) is 2. The van der Waals surface area contributed by atoms with Crippen molar-refractivity contribution in [1.29, 1.82) is 0 Å². The van der Waals surface area contributed by atoms with Gasteiger partial charge >= 0.3 is 0 Å². The van der Waals surface area contributed by atoms with Gasteiger partial charge in [0.2, 0.25) is 0 Å². The van der Waals surface area contributed by atoms with Gasteiger partial charge in [0.1, 0.15) is 23.0 Å². The summed E-state index contributed by atoms with van der Waals surface area (Å²) in [5.41, 5.74) is 12.1. The molecule has 0 aromatic heterocycles. The first-order valence-electron chi connectivity index (χ1n) is 19.8. The van der Waals surface area contributed by atoms with E-state index >= 15 is 0 Å². The van der Waals surface area contributed by atoms with Gasteiger partial charge in [-0.2, -0.15) is 0 Å². The standard InChI is InChI=1S/C54H42O2/c1-53(2,3)51-41-23-21-32(34-26-28-40-36-14-8-10-18-46(36)56-48-20-12-16-38(34)50(40)48)30-44(41)52(54(4,5)6)42-24-22-31(29-43(42)51)33-25-27-39-35-13-7-9-17-45(35)55-47-19-11-15-37(33)49(39)47/h7-30H,1-6H3. The number of benzene rings is 9. The summed E-state index contributed by atoms with van der Waals surface area (Å²) in [5.74, 6) is 3.65. The van der Waals surface area contributed by atoms with E-state index in [2.05, 4.69) is 175 Å². The summed E-state index contributed by atoms with van der Waals surface area (Å²) < 4.78 is 12.9. The first-order chi connectivity index (χ1) is 27.0. The van der Waals surface area contributed by atoms with Gasteiger partial charge in [-0.15, -0.1) is 0 Å². The number of hydrogen-bond acceptors (Lipinski definition) is 2. The smallest absolute Gasteiger partial charge is 0.135 e. The summed E-state index contributed by atoms with van der Waals surface area (Å²) in [6, 6.07) is 53.2. The summed E-state index contributed by atoms with van der Waals surface area (Å²) >= 11 is 0. The third-order valence-corrected chi connectivity index (χ3v) is 12.0. The topological polar surface area (TPSA) is 18.5 Å². The molecule has 0 saturated carbocycles. The maximum atomic E-state index is 6.47. The lowest BCUT2D eigenvalue weighted by Gasteiger charge is -2.31. The molecule has 0 spiro atoms. The van der Waals surface area contributed by atoms with E-state index in [-0.39, 0.29) is 10.8 Å². The zero-order valence-electron chi connectivity index (χ0n) is 32.7. The first-order valence-corrected chi connectivity index (χ1v) is 19.8. The Hall–Kier alpha value is -6.38. The predicted octanol–water partition coefficient (Wildman–Crippen LogP) is 15.8. The quantitative estimate of drug-likeness (QED) is 0.165. The Labute approximate surface area is 328 Å². The third kappa shape index (κ3) is 4.75. The monoisotopic (exact) mass is 722 g/mol. The zero-order valence-corrected chi connectivity index (χ0v) is 32.7. The Morgan fingerprint density at radius 2 is 0.696 bits per heavy atom. The molecule has 0 amide bonds. The lowest BCUT2D eigenvalue weighted by atomic mass is 9.73. The van der Waals surface area contributed by atoms with Crippen LogP contribution in [0.4, 0.5) is 0 Å². The van der Waals surface area contributed by atoms with Crippen molar-refractivity contribution in [1.82, 2.24) is 0 Å². The number of para-hydroxylation sites is 2. The molecule has 0 radical (unpaired) electrons. The van der Waals surface area contributed by atoms with Crippen LogP contribution < -0.4 is 9.47 Å². The maximum absolute atomic E-state index is 6.47. The van der Waals surface area contributed by atoms with Crippen molar-refractivity contribution < 1.29 is 9.47 Å². The van der Waals surface area contributed by atoms with Crippen LogP contribution in [0.3, 0.4) is 0 Å². The first kappa shape index (κ1) is 33.0. The molecule has 270 valence electrons.